The Balaban J connectivity index is 1.94. The van der Waals surface area contributed by atoms with Crippen molar-refractivity contribution < 1.29 is 9.53 Å². The molecule has 1 amide bonds. The molecule has 0 saturated carbocycles. The molecule has 122 valence electrons. The van der Waals surface area contributed by atoms with Crippen LogP contribution in [0, 0.1) is 12.8 Å². The van der Waals surface area contributed by atoms with Gasteiger partial charge in [-0.25, -0.2) is 0 Å². The maximum atomic E-state index is 12.9. The van der Waals surface area contributed by atoms with E-state index in [4.69, 9.17) is 4.74 Å². The van der Waals surface area contributed by atoms with Gasteiger partial charge >= 0.3 is 0 Å². The topological polar surface area (TPSA) is 42.4 Å². The van der Waals surface area contributed by atoms with Gasteiger partial charge in [0.1, 0.15) is 5.75 Å². The molecule has 1 fully saturated rings. The van der Waals surface area contributed by atoms with Gasteiger partial charge < -0.3 is 9.64 Å². The Kier molecular flexibility index (Phi) is 4.51. The minimum atomic E-state index is 0.105. The highest BCUT2D eigenvalue weighted by Crippen LogP contribution is 2.24. The molecular formula is C19H24N2O2. The summed E-state index contributed by atoms with van der Waals surface area (Å²) in [6, 6.07) is 7.72. The summed E-state index contributed by atoms with van der Waals surface area (Å²) in [5.41, 5.74) is 2.40. The Morgan fingerprint density at radius 2 is 2.09 bits per heavy atom. The maximum absolute atomic E-state index is 12.9. The van der Waals surface area contributed by atoms with E-state index in [-0.39, 0.29) is 5.91 Å². The molecule has 2 heterocycles. The van der Waals surface area contributed by atoms with Gasteiger partial charge in [0.05, 0.1) is 23.9 Å². The number of methoxy groups -OCH3 is 1. The van der Waals surface area contributed by atoms with Crippen molar-refractivity contribution in [3.63, 3.8) is 0 Å². The third kappa shape index (κ3) is 3.31. The van der Waals surface area contributed by atoms with E-state index in [1.807, 2.05) is 36.1 Å². The molecule has 3 rings (SSSR count). The quantitative estimate of drug-likeness (QED) is 0.846. The number of hydrogen-bond donors (Lipinski definition) is 0. The molecule has 4 nitrogen and oxygen atoms in total. The highest BCUT2D eigenvalue weighted by molar-refractivity contribution is 5.98. The monoisotopic (exact) mass is 312 g/mol. The Labute approximate surface area is 137 Å². The highest BCUT2D eigenvalue weighted by Gasteiger charge is 2.22. The Morgan fingerprint density at radius 1 is 1.26 bits per heavy atom. The van der Waals surface area contributed by atoms with Crippen molar-refractivity contribution in [1.29, 1.82) is 0 Å². The predicted octanol–water partition coefficient (Wildman–Crippen LogP) is 3.81. The van der Waals surface area contributed by atoms with Crippen LogP contribution in [0.3, 0.4) is 0 Å². The second-order valence-corrected chi connectivity index (χ2v) is 6.51. The molecule has 1 atom stereocenters. The number of nitrogens with zero attached hydrogens (tertiary/aromatic N) is 2. The molecule has 0 unspecified atom stereocenters. The summed E-state index contributed by atoms with van der Waals surface area (Å²) in [6.45, 7) is 5.87. The van der Waals surface area contributed by atoms with E-state index in [0.29, 0.717) is 11.5 Å². The number of pyridine rings is 1. The standard InChI is InChI=1S/C19H24N2O2/c1-13-5-4-9-21(10-8-13)19(22)17-12-15-11-16(23-3)6-7-18(15)20-14(17)2/h6-7,11-13H,4-5,8-10H2,1-3H3/t13-/m0/s1. The summed E-state index contributed by atoms with van der Waals surface area (Å²) < 4.78 is 5.27. The van der Waals surface area contributed by atoms with Gasteiger partial charge in [0.15, 0.2) is 0 Å². The van der Waals surface area contributed by atoms with E-state index in [1.165, 1.54) is 6.42 Å². The van der Waals surface area contributed by atoms with Crippen molar-refractivity contribution in [1.82, 2.24) is 9.88 Å². The summed E-state index contributed by atoms with van der Waals surface area (Å²) in [5, 5.41) is 0.946. The zero-order chi connectivity index (χ0) is 16.4. The average molecular weight is 312 g/mol. The van der Waals surface area contributed by atoms with Crippen LogP contribution in [0.15, 0.2) is 24.3 Å². The summed E-state index contributed by atoms with van der Waals surface area (Å²) in [6.07, 6.45) is 3.37. The minimum Gasteiger partial charge on any atom is -0.497 e. The number of likely N-dealkylation sites (tertiary alicyclic amines) is 1. The van der Waals surface area contributed by atoms with Gasteiger partial charge in [-0.2, -0.15) is 0 Å². The zero-order valence-corrected chi connectivity index (χ0v) is 14.1. The van der Waals surface area contributed by atoms with Crippen LogP contribution in [0.1, 0.15) is 42.2 Å². The van der Waals surface area contributed by atoms with E-state index in [1.54, 1.807) is 7.11 Å². The molecule has 1 aliphatic heterocycles. The van der Waals surface area contributed by atoms with Crippen molar-refractivity contribution in [2.75, 3.05) is 20.2 Å². The smallest absolute Gasteiger partial charge is 0.255 e. The predicted molar refractivity (Wildman–Crippen MR) is 92.0 cm³/mol. The van der Waals surface area contributed by atoms with Crippen molar-refractivity contribution in [3.8, 4) is 5.75 Å². The first-order valence-electron chi connectivity index (χ1n) is 8.33. The van der Waals surface area contributed by atoms with Crippen LogP contribution < -0.4 is 4.74 Å². The second-order valence-electron chi connectivity index (χ2n) is 6.51. The summed E-state index contributed by atoms with van der Waals surface area (Å²) >= 11 is 0. The summed E-state index contributed by atoms with van der Waals surface area (Å²) in [5.74, 6) is 1.59. The Hall–Kier alpha value is -2.10. The van der Waals surface area contributed by atoms with E-state index >= 15 is 0 Å². The number of aryl methyl sites for hydroxylation is 1. The van der Waals surface area contributed by atoms with E-state index in [0.717, 1.165) is 48.3 Å². The lowest BCUT2D eigenvalue weighted by Crippen LogP contribution is -2.32. The number of ether oxygens (including phenoxy) is 1. The average Bonchev–Trinajstić information content (AvgIpc) is 2.78. The van der Waals surface area contributed by atoms with E-state index in [9.17, 15) is 4.79 Å². The molecule has 2 aromatic rings. The van der Waals surface area contributed by atoms with Crippen LogP contribution in [-0.4, -0.2) is 36.0 Å². The molecule has 1 aromatic carbocycles. The molecule has 23 heavy (non-hydrogen) atoms. The number of rotatable bonds is 2. The summed E-state index contributed by atoms with van der Waals surface area (Å²) in [7, 11) is 1.65. The zero-order valence-electron chi connectivity index (χ0n) is 14.1. The van der Waals surface area contributed by atoms with Gasteiger partial charge in [0, 0.05) is 18.5 Å². The number of benzene rings is 1. The van der Waals surface area contributed by atoms with Crippen molar-refractivity contribution in [3.05, 3.63) is 35.5 Å². The highest BCUT2D eigenvalue weighted by atomic mass is 16.5. The van der Waals surface area contributed by atoms with Gasteiger partial charge in [-0.3, -0.25) is 9.78 Å². The van der Waals surface area contributed by atoms with Crippen LogP contribution in [0.4, 0.5) is 0 Å². The Morgan fingerprint density at radius 3 is 2.87 bits per heavy atom. The van der Waals surface area contributed by atoms with Crippen LogP contribution in [0.25, 0.3) is 10.9 Å². The van der Waals surface area contributed by atoms with Gasteiger partial charge in [-0.05, 0) is 56.4 Å². The van der Waals surface area contributed by atoms with Crippen molar-refractivity contribution in [2.24, 2.45) is 5.92 Å². The number of hydrogen-bond acceptors (Lipinski definition) is 3. The van der Waals surface area contributed by atoms with E-state index in [2.05, 4.69) is 11.9 Å². The second kappa shape index (κ2) is 6.57. The minimum absolute atomic E-state index is 0.105. The number of carbonyl (C=O) groups is 1. The van der Waals surface area contributed by atoms with Crippen LogP contribution in [0.5, 0.6) is 5.75 Å². The number of carbonyl (C=O) groups excluding carboxylic acids is 1. The van der Waals surface area contributed by atoms with Crippen LogP contribution in [-0.2, 0) is 0 Å². The molecular weight excluding hydrogens is 288 g/mol. The number of fused-ring (bicyclic) bond motifs is 1. The molecule has 0 radical (unpaired) electrons. The fourth-order valence-electron chi connectivity index (χ4n) is 3.23. The molecule has 0 aliphatic carbocycles. The molecule has 0 bridgehead atoms. The first-order chi connectivity index (χ1) is 11.1. The molecule has 1 aliphatic rings. The molecule has 1 saturated heterocycles. The number of amides is 1. The van der Waals surface area contributed by atoms with Gasteiger partial charge in [0.25, 0.3) is 5.91 Å². The van der Waals surface area contributed by atoms with Gasteiger partial charge in [-0.1, -0.05) is 6.92 Å². The van der Waals surface area contributed by atoms with Gasteiger partial charge in [0.2, 0.25) is 0 Å². The van der Waals surface area contributed by atoms with Crippen molar-refractivity contribution in [2.45, 2.75) is 33.1 Å². The largest absolute Gasteiger partial charge is 0.497 e. The molecule has 1 aromatic heterocycles. The number of aromatic nitrogens is 1. The normalized spacial score (nSPS) is 18.7. The fourth-order valence-corrected chi connectivity index (χ4v) is 3.23. The third-order valence-electron chi connectivity index (χ3n) is 4.75. The lowest BCUT2D eigenvalue weighted by molar-refractivity contribution is 0.0759. The van der Waals surface area contributed by atoms with Gasteiger partial charge in [-0.15, -0.1) is 0 Å². The third-order valence-corrected chi connectivity index (χ3v) is 4.75. The molecule has 0 spiro atoms. The van der Waals surface area contributed by atoms with Crippen LogP contribution in [0.2, 0.25) is 0 Å². The molecule has 0 N–H and O–H groups in total. The van der Waals surface area contributed by atoms with Crippen molar-refractivity contribution >= 4 is 16.8 Å². The SMILES string of the molecule is COc1ccc2nc(C)c(C(=O)N3CCC[C@H](C)CC3)cc2c1. The maximum Gasteiger partial charge on any atom is 0.255 e. The lowest BCUT2D eigenvalue weighted by atomic mass is 10.0. The fraction of sp³-hybridized carbons (Fsp3) is 0.474. The Bertz CT molecular complexity index is 727. The summed E-state index contributed by atoms with van der Waals surface area (Å²) in [4.78, 5) is 19.5. The van der Waals surface area contributed by atoms with Crippen LogP contribution >= 0.6 is 0 Å². The first kappa shape index (κ1) is 15.8. The first-order valence-corrected chi connectivity index (χ1v) is 8.33. The lowest BCUT2D eigenvalue weighted by Gasteiger charge is -2.21. The van der Waals surface area contributed by atoms with E-state index < -0.39 is 0 Å². The molecule has 4 heteroatoms.